The van der Waals surface area contributed by atoms with E-state index in [0.717, 1.165) is 23.8 Å². The molecule has 1 amide bonds. The first-order valence-electron chi connectivity index (χ1n) is 12.4. The molecule has 214 valence electrons. The summed E-state index contributed by atoms with van der Waals surface area (Å²) >= 11 is 0. The molecule has 0 spiro atoms. The number of nitro benzene ring substituents is 1. The number of carbonyl (C=O) groups excluding carboxylic acids is 1. The number of halogens is 1. The Balaban J connectivity index is 1.86. The highest BCUT2D eigenvalue weighted by Crippen LogP contribution is 2.36. The molecule has 13 heteroatoms. The van der Waals surface area contributed by atoms with E-state index >= 15 is 0 Å². The highest BCUT2D eigenvalue weighted by molar-refractivity contribution is 7.89. The number of ether oxygens (including phenoxy) is 1. The molecule has 0 radical (unpaired) electrons. The number of aromatic nitrogens is 2. The number of nitrogens with one attached hydrogen (secondary N) is 2. The van der Waals surface area contributed by atoms with E-state index < -0.39 is 42.8 Å². The zero-order chi connectivity index (χ0) is 30.1. The van der Waals surface area contributed by atoms with Crippen LogP contribution in [0.3, 0.4) is 0 Å². The number of aryl methyl sites for hydroxylation is 1. The van der Waals surface area contributed by atoms with Gasteiger partial charge in [-0.2, -0.15) is 9.78 Å². The Bertz CT molecular complexity index is 1740. The van der Waals surface area contributed by atoms with Crippen LogP contribution in [0.5, 0.6) is 11.6 Å². The van der Waals surface area contributed by atoms with Gasteiger partial charge >= 0.3 is 0 Å². The summed E-state index contributed by atoms with van der Waals surface area (Å²) in [6, 6.07) is 15.5. The molecule has 3 aromatic carbocycles. The molecule has 0 aliphatic carbocycles. The zero-order valence-electron chi connectivity index (χ0n) is 22.9. The van der Waals surface area contributed by atoms with E-state index in [2.05, 4.69) is 15.1 Å². The number of non-ortho nitro benzene ring substituents is 1. The maximum absolute atomic E-state index is 13.7. The molecule has 0 saturated carbocycles. The van der Waals surface area contributed by atoms with Gasteiger partial charge in [-0.1, -0.05) is 12.1 Å². The first-order valence-corrected chi connectivity index (χ1v) is 13.9. The minimum Gasteiger partial charge on any atom is -0.437 e. The van der Waals surface area contributed by atoms with E-state index in [1.807, 2.05) is 13.0 Å². The molecule has 0 atom stereocenters. The highest BCUT2D eigenvalue weighted by Gasteiger charge is 2.30. The van der Waals surface area contributed by atoms with Crippen LogP contribution in [0.2, 0.25) is 0 Å². The smallest absolute Gasteiger partial charge is 0.276 e. The van der Waals surface area contributed by atoms with Crippen LogP contribution in [0.4, 0.5) is 15.8 Å². The third kappa shape index (κ3) is 6.76. The van der Waals surface area contributed by atoms with Gasteiger partial charge in [-0.15, -0.1) is 0 Å². The molecule has 11 nitrogen and oxygen atoms in total. The Labute approximate surface area is 236 Å². The van der Waals surface area contributed by atoms with Gasteiger partial charge in [0, 0.05) is 28.9 Å². The second-order valence-corrected chi connectivity index (χ2v) is 12.0. The predicted octanol–water partition coefficient (Wildman–Crippen LogP) is 5.66. The molecule has 1 heterocycles. The Morgan fingerprint density at radius 2 is 1.73 bits per heavy atom. The van der Waals surface area contributed by atoms with Crippen molar-refractivity contribution >= 4 is 27.3 Å². The normalized spacial score (nSPS) is 11.8. The fraction of sp³-hybridized carbons (Fsp3) is 0.214. The minimum absolute atomic E-state index is 0.0371. The summed E-state index contributed by atoms with van der Waals surface area (Å²) in [5.74, 6) is -1.37. The number of sulfonamides is 1. The maximum atomic E-state index is 13.7. The molecular formula is C28H28FN5O6S. The van der Waals surface area contributed by atoms with Crippen LogP contribution >= 0.6 is 0 Å². The number of nitrogens with zero attached hydrogens (tertiary/aromatic N) is 3. The third-order valence-corrected chi connectivity index (χ3v) is 7.48. The van der Waals surface area contributed by atoms with E-state index in [0.29, 0.717) is 11.4 Å². The molecule has 4 rings (SSSR count). The number of hydrogen-bond donors (Lipinski definition) is 2. The van der Waals surface area contributed by atoms with E-state index in [9.17, 15) is 27.7 Å². The molecule has 0 aliphatic heterocycles. The Morgan fingerprint density at radius 3 is 2.34 bits per heavy atom. The molecule has 0 saturated heterocycles. The van der Waals surface area contributed by atoms with Crippen LogP contribution in [0.15, 0.2) is 71.6 Å². The first-order chi connectivity index (χ1) is 19.1. The average Bonchev–Trinajstić information content (AvgIpc) is 3.19. The molecule has 41 heavy (non-hydrogen) atoms. The maximum Gasteiger partial charge on any atom is 0.276 e. The van der Waals surface area contributed by atoms with Crippen LogP contribution in [0.25, 0.3) is 5.69 Å². The summed E-state index contributed by atoms with van der Waals surface area (Å²) in [6.45, 7) is 8.29. The summed E-state index contributed by atoms with van der Waals surface area (Å²) in [5.41, 5.74) is 0.608. The van der Waals surface area contributed by atoms with Crippen LogP contribution in [0, 0.1) is 29.8 Å². The molecule has 4 aromatic rings. The number of anilines is 1. The highest BCUT2D eigenvalue weighted by atomic mass is 32.2. The lowest BCUT2D eigenvalue weighted by molar-refractivity contribution is -0.385. The van der Waals surface area contributed by atoms with Gasteiger partial charge in [-0.3, -0.25) is 14.9 Å². The van der Waals surface area contributed by atoms with Gasteiger partial charge in [-0.05, 0) is 82.6 Å². The molecule has 0 aliphatic rings. The summed E-state index contributed by atoms with van der Waals surface area (Å²) in [6.07, 6.45) is 0. The van der Waals surface area contributed by atoms with E-state index in [1.54, 1.807) is 45.9 Å². The van der Waals surface area contributed by atoms with Gasteiger partial charge in [0.25, 0.3) is 11.6 Å². The number of benzene rings is 3. The topological polar surface area (TPSA) is 145 Å². The number of hydrogen-bond acceptors (Lipinski definition) is 7. The van der Waals surface area contributed by atoms with Crippen LogP contribution in [-0.2, 0) is 10.0 Å². The van der Waals surface area contributed by atoms with Crippen molar-refractivity contribution in [1.82, 2.24) is 14.5 Å². The minimum atomic E-state index is -4.31. The van der Waals surface area contributed by atoms with E-state index in [-0.39, 0.29) is 22.9 Å². The van der Waals surface area contributed by atoms with Crippen LogP contribution in [-0.4, -0.2) is 34.6 Å². The third-order valence-electron chi connectivity index (χ3n) is 5.71. The number of carbonyl (C=O) groups is 1. The van der Waals surface area contributed by atoms with Crippen molar-refractivity contribution in [3.63, 3.8) is 0 Å². The van der Waals surface area contributed by atoms with Crippen LogP contribution in [0.1, 0.15) is 42.4 Å². The predicted molar refractivity (Wildman–Crippen MR) is 151 cm³/mol. The van der Waals surface area contributed by atoms with E-state index in [4.69, 9.17) is 4.74 Å². The van der Waals surface area contributed by atoms with Crippen LogP contribution < -0.4 is 14.8 Å². The number of amides is 1. The number of rotatable bonds is 8. The Kier molecular flexibility index (Phi) is 7.95. The summed E-state index contributed by atoms with van der Waals surface area (Å²) in [7, 11) is -4.31. The Morgan fingerprint density at radius 1 is 1.05 bits per heavy atom. The fourth-order valence-electron chi connectivity index (χ4n) is 3.95. The standard InChI is InChI=1S/C28H28FN5O6S/c1-17-7-6-8-20(15-17)30-26(35)25-18(2)27(33(31-25)21-11-9-19(29)10-12-21)40-23-14-13-22(34(36)37)16-24(23)41(38,39)32-28(3,4)5/h6-16,32H,1-5H3,(H,30,35). The molecule has 0 bridgehead atoms. The Hall–Kier alpha value is -4.62. The van der Waals surface area contributed by atoms with Gasteiger partial charge in [0.15, 0.2) is 5.69 Å². The molecule has 1 aromatic heterocycles. The SMILES string of the molecule is Cc1cccc(NC(=O)c2nn(-c3ccc(F)cc3)c(Oc3ccc([N+](=O)[O-])cc3S(=O)(=O)NC(C)(C)C)c2C)c1. The monoisotopic (exact) mass is 581 g/mol. The molecule has 0 fully saturated rings. The van der Waals surface area contributed by atoms with Gasteiger partial charge in [0.1, 0.15) is 16.5 Å². The average molecular weight is 582 g/mol. The van der Waals surface area contributed by atoms with Gasteiger partial charge in [0.2, 0.25) is 15.9 Å². The van der Waals surface area contributed by atoms with Crippen molar-refractivity contribution in [3.8, 4) is 17.3 Å². The van der Waals surface area contributed by atoms with Gasteiger partial charge in [-0.25, -0.2) is 17.5 Å². The largest absolute Gasteiger partial charge is 0.437 e. The lowest BCUT2D eigenvalue weighted by Gasteiger charge is -2.21. The van der Waals surface area contributed by atoms with Crippen molar-refractivity contribution in [2.45, 2.75) is 45.1 Å². The van der Waals surface area contributed by atoms with Crippen molar-refractivity contribution in [2.24, 2.45) is 0 Å². The quantitative estimate of drug-likeness (QED) is 0.202. The summed E-state index contributed by atoms with van der Waals surface area (Å²) in [5, 5.41) is 18.6. The fourth-order valence-corrected chi connectivity index (χ4v) is 5.52. The lowest BCUT2D eigenvalue weighted by atomic mass is 10.1. The van der Waals surface area contributed by atoms with Crippen molar-refractivity contribution < 1.29 is 27.3 Å². The van der Waals surface area contributed by atoms with Gasteiger partial charge < -0.3 is 10.1 Å². The van der Waals surface area contributed by atoms with Crippen molar-refractivity contribution in [3.05, 3.63) is 99.5 Å². The first kappa shape index (κ1) is 29.4. The van der Waals surface area contributed by atoms with Gasteiger partial charge in [0.05, 0.1) is 10.6 Å². The second kappa shape index (κ2) is 11.1. The van der Waals surface area contributed by atoms with E-state index in [1.165, 1.54) is 28.9 Å². The molecular weight excluding hydrogens is 553 g/mol. The zero-order valence-corrected chi connectivity index (χ0v) is 23.7. The van der Waals surface area contributed by atoms with Crippen molar-refractivity contribution in [1.29, 1.82) is 0 Å². The number of nitro groups is 1. The summed E-state index contributed by atoms with van der Waals surface area (Å²) < 4.78 is 50.1. The van der Waals surface area contributed by atoms with Crippen molar-refractivity contribution in [2.75, 3.05) is 5.32 Å². The lowest BCUT2D eigenvalue weighted by Crippen LogP contribution is -2.40. The molecule has 2 N–H and O–H groups in total. The second-order valence-electron chi connectivity index (χ2n) is 10.3. The molecule has 0 unspecified atom stereocenters. The summed E-state index contributed by atoms with van der Waals surface area (Å²) in [4.78, 5) is 23.5.